The number of carbonyl (C=O) groups excluding carboxylic acids is 1. The standard InChI is InChI=1S/C17H11N2O5S.2Y/c1-8-2-4-12-10(6-8)16(20)14(18-12)15-17(21)11-7-9(25-24-23-22)3-5-13(11)19-15;;/h2-7,18,20,22H,1H2;;/q-1;;. The van der Waals surface area contributed by atoms with Gasteiger partial charge in [0, 0.05) is 75.8 Å². The summed E-state index contributed by atoms with van der Waals surface area (Å²) < 4.78 is 4.37. The molecule has 0 unspecified atom stereocenters. The molecule has 0 spiro atoms. The number of ketones is 1. The molecule has 1 aliphatic rings. The minimum Gasteiger partial charge on any atom is -0.506 e. The fourth-order valence-electron chi connectivity index (χ4n) is 2.77. The first-order valence-electron chi connectivity index (χ1n) is 7.17. The van der Waals surface area contributed by atoms with Crippen LogP contribution < -0.4 is 0 Å². The van der Waals surface area contributed by atoms with E-state index in [1.165, 1.54) is 0 Å². The maximum Gasteiger partial charge on any atom is 0.215 e. The Morgan fingerprint density at radius 1 is 1.15 bits per heavy atom. The predicted octanol–water partition coefficient (Wildman–Crippen LogP) is 3.80. The zero-order chi connectivity index (χ0) is 17.6. The van der Waals surface area contributed by atoms with E-state index in [4.69, 9.17) is 5.26 Å². The number of hydrogen-bond donors (Lipinski definition) is 3. The van der Waals surface area contributed by atoms with Gasteiger partial charge in [-0.2, -0.15) is 24.6 Å². The number of aromatic amines is 1. The van der Waals surface area contributed by atoms with Crippen LogP contribution in [0.2, 0.25) is 0 Å². The summed E-state index contributed by atoms with van der Waals surface area (Å²) in [4.78, 5) is 20.6. The van der Waals surface area contributed by atoms with Crippen molar-refractivity contribution >= 4 is 40.1 Å². The molecule has 1 aliphatic heterocycles. The van der Waals surface area contributed by atoms with Gasteiger partial charge in [0.1, 0.15) is 17.2 Å². The molecule has 3 aromatic rings. The van der Waals surface area contributed by atoms with Crippen molar-refractivity contribution in [3.8, 4) is 5.75 Å². The van der Waals surface area contributed by atoms with Crippen LogP contribution in [0.5, 0.6) is 5.75 Å². The van der Waals surface area contributed by atoms with Crippen LogP contribution in [0, 0.1) is 6.92 Å². The monoisotopic (exact) mass is 533 g/mol. The molecular formula is C17H11N2O5SY2-. The quantitative estimate of drug-likeness (QED) is 0.204. The van der Waals surface area contributed by atoms with Crippen LogP contribution in [0.15, 0.2) is 46.3 Å². The summed E-state index contributed by atoms with van der Waals surface area (Å²) in [7, 11) is 0. The fourth-order valence-corrected chi connectivity index (χ4v) is 3.16. The van der Waals surface area contributed by atoms with E-state index >= 15 is 0 Å². The Morgan fingerprint density at radius 3 is 2.67 bits per heavy atom. The third-order valence-corrected chi connectivity index (χ3v) is 4.47. The summed E-state index contributed by atoms with van der Waals surface area (Å²) in [5.41, 5.74) is 2.71. The number of hydrogen-bond acceptors (Lipinski definition) is 7. The molecule has 0 atom stereocenters. The van der Waals surface area contributed by atoms with Crippen LogP contribution in [-0.4, -0.2) is 26.8 Å². The van der Waals surface area contributed by atoms with E-state index in [9.17, 15) is 9.90 Å². The van der Waals surface area contributed by atoms with E-state index in [1.54, 1.807) is 30.3 Å². The average molecular weight is 533 g/mol. The second-order valence-electron chi connectivity index (χ2n) is 5.42. The van der Waals surface area contributed by atoms with Gasteiger partial charge in [-0.1, -0.05) is 11.1 Å². The molecule has 0 aliphatic carbocycles. The minimum atomic E-state index is -0.320. The number of Topliss-reactive ketones (excluding diaryl/α,β-unsaturated/α-hetero) is 1. The van der Waals surface area contributed by atoms with E-state index in [0.717, 1.165) is 17.6 Å². The van der Waals surface area contributed by atoms with E-state index in [1.807, 2.05) is 6.07 Å². The van der Waals surface area contributed by atoms with Gasteiger partial charge < -0.3 is 10.1 Å². The molecule has 2 heterocycles. The van der Waals surface area contributed by atoms with Crippen LogP contribution in [0.3, 0.4) is 0 Å². The Balaban J connectivity index is 0.00000131. The smallest absolute Gasteiger partial charge is 0.215 e. The van der Waals surface area contributed by atoms with Gasteiger partial charge in [-0.05, 0) is 23.6 Å². The average Bonchev–Trinajstić information content (AvgIpc) is 3.11. The van der Waals surface area contributed by atoms with Crippen molar-refractivity contribution in [2.75, 3.05) is 0 Å². The molecule has 4 rings (SSSR count). The Hall–Kier alpha value is -0.572. The Kier molecular flexibility index (Phi) is 7.81. The van der Waals surface area contributed by atoms with Crippen molar-refractivity contribution in [2.24, 2.45) is 4.99 Å². The summed E-state index contributed by atoms with van der Waals surface area (Å²) in [5, 5.41) is 22.8. The summed E-state index contributed by atoms with van der Waals surface area (Å²) in [6, 6.07) is 10.2. The van der Waals surface area contributed by atoms with Crippen molar-refractivity contribution < 1.29 is 89.9 Å². The molecule has 1 aromatic heterocycles. The van der Waals surface area contributed by atoms with Crippen LogP contribution in [0.4, 0.5) is 5.69 Å². The predicted molar refractivity (Wildman–Crippen MR) is 92.0 cm³/mol. The maximum atomic E-state index is 12.7. The van der Waals surface area contributed by atoms with E-state index in [0.29, 0.717) is 27.0 Å². The number of aromatic hydroxyl groups is 1. The van der Waals surface area contributed by atoms with Gasteiger partial charge in [0.15, 0.2) is 0 Å². The third-order valence-electron chi connectivity index (χ3n) is 3.89. The SMILES string of the molecule is [CH2-]c1ccc2[nH]c(C3=Nc4ccc(SOOO)cc4C3=O)c(O)c2c1.[Y].[Y]. The zero-order valence-corrected chi connectivity index (χ0v) is 20.3. The number of fused-ring (bicyclic) bond motifs is 2. The molecule has 0 saturated carbocycles. The number of aromatic nitrogens is 1. The topological polar surface area (TPSA) is 104 Å². The van der Waals surface area contributed by atoms with Gasteiger partial charge in [-0.3, -0.25) is 4.79 Å². The molecular weight excluding hydrogens is 522 g/mol. The largest absolute Gasteiger partial charge is 0.506 e. The number of nitrogens with zero attached hydrogens (tertiary/aromatic N) is 1. The molecule has 2 aromatic carbocycles. The molecule has 0 bridgehead atoms. The van der Waals surface area contributed by atoms with Crippen molar-refractivity contribution in [3.63, 3.8) is 0 Å². The fraction of sp³-hybridized carbons (Fsp3) is 0. The summed E-state index contributed by atoms with van der Waals surface area (Å²) in [6.07, 6.45) is 0. The number of rotatable bonds is 4. The number of carbonyl (C=O) groups is 1. The molecule has 2 radical (unpaired) electrons. The second-order valence-corrected chi connectivity index (χ2v) is 6.20. The summed E-state index contributed by atoms with van der Waals surface area (Å²) >= 11 is 0.755. The van der Waals surface area contributed by atoms with E-state index < -0.39 is 0 Å². The molecule has 10 heteroatoms. The number of benzene rings is 2. The number of H-pyrrole nitrogens is 1. The number of aliphatic imine (C=N–C) groups is 1. The normalized spacial score (nSPS) is 12.3. The van der Waals surface area contributed by atoms with Crippen molar-refractivity contribution in [1.29, 1.82) is 0 Å². The molecule has 7 nitrogen and oxygen atoms in total. The zero-order valence-electron chi connectivity index (χ0n) is 13.8. The molecule has 132 valence electrons. The van der Waals surface area contributed by atoms with Crippen molar-refractivity contribution in [2.45, 2.75) is 4.90 Å². The Labute approximate surface area is 208 Å². The maximum absolute atomic E-state index is 12.7. The van der Waals surface area contributed by atoms with E-state index in [2.05, 4.69) is 26.3 Å². The van der Waals surface area contributed by atoms with E-state index in [-0.39, 0.29) is 88.4 Å². The van der Waals surface area contributed by atoms with Gasteiger partial charge in [-0.15, -0.1) is 4.33 Å². The van der Waals surface area contributed by atoms with Crippen LogP contribution >= 0.6 is 12.0 Å². The first-order valence-corrected chi connectivity index (χ1v) is 7.92. The van der Waals surface area contributed by atoms with Gasteiger partial charge in [-0.25, -0.2) is 10.2 Å². The molecule has 27 heavy (non-hydrogen) atoms. The summed E-state index contributed by atoms with van der Waals surface area (Å²) in [6.45, 7) is 3.84. The first kappa shape index (κ1) is 22.7. The van der Waals surface area contributed by atoms with Gasteiger partial charge in [0.05, 0.1) is 23.3 Å². The second kappa shape index (κ2) is 9.28. The van der Waals surface area contributed by atoms with Gasteiger partial charge in [0.2, 0.25) is 5.78 Å². The van der Waals surface area contributed by atoms with Crippen LogP contribution in [0.25, 0.3) is 10.9 Å². The third kappa shape index (κ3) is 4.23. The molecule has 0 amide bonds. The summed E-state index contributed by atoms with van der Waals surface area (Å²) in [5.74, 6) is -0.355. The van der Waals surface area contributed by atoms with Crippen molar-refractivity contribution in [1.82, 2.24) is 4.98 Å². The van der Waals surface area contributed by atoms with Crippen LogP contribution in [0.1, 0.15) is 21.6 Å². The van der Waals surface area contributed by atoms with Crippen LogP contribution in [-0.2, 0) is 74.8 Å². The molecule has 0 fully saturated rings. The van der Waals surface area contributed by atoms with Gasteiger partial charge in [0.25, 0.3) is 0 Å². The van der Waals surface area contributed by atoms with Gasteiger partial charge >= 0.3 is 0 Å². The Morgan fingerprint density at radius 2 is 1.93 bits per heavy atom. The molecule has 0 saturated heterocycles. The minimum absolute atomic E-state index is 0. The van der Waals surface area contributed by atoms with Crippen molar-refractivity contribution in [3.05, 3.63) is 60.1 Å². The first-order chi connectivity index (χ1) is 12.1. The Bertz CT molecular complexity index is 1050. The number of nitrogens with one attached hydrogen (secondary N) is 1. The molecule has 3 N–H and O–H groups in total.